The van der Waals surface area contributed by atoms with Crippen molar-refractivity contribution in [1.29, 1.82) is 0 Å². The molecule has 1 spiro atoms. The molecule has 180 valence electrons. The molecule has 2 saturated heterocycles. The van der Waals surface area contributed by atoms with Crippen molar-refractivity contribution in [3.8, 4) is 28.4 Å². The number of likely N-dealkylation sites (tertiary alicyclic amines) is 1. The van der Waals surface area contributed by atoms with Crippen LogP contribution in [-0.4, -0.2) is 65.4 Å². The molecule has 0 aliphatic carbocycles. The SMILES string of the molecule is COc1ccc(-c2nn(-c3ccccc3)cc2C(=O)N2CCC3(CC2)NC(=O)NC3=O)c(OC)c1. The standard InChI is InChI=1S/C25H25N5O5/c1-34-17-8-9-18(20(14-17)35-2)21-19(15-30(28-21)16-6-4-3-5-7-16)22(31)29-12-10-25(11-13-29)23(32)26-24(33)27-25/h3-9,14-15H,10-13H2,1-2H3,(H2,26,27,32,33). The highest BCUT2D eigenvalue weighted by molar-refractivity contribution is 6.07. The number of carbonyl (C=O) groups is 3. The number of amides is 4. The van der Waals surface area contributed by atoms with Crippen molar-refractivity contribution in [2.24, 2.45) is 0 Å². The maximum Gasteiger partial charge on any atom is 0.322 e. The van der Waals surface area contributed by atoms with Gasteiger partial charge in [0.05, 0.1) is 25.5 Å². The zero-order chi connectivity index (χ0) is 24.6. The monoisotopic (exact) mass is 475 g/mol. The summed E-state index contributed by atoms with van der Waals surface area (Å²) < 4.78 is 12.6. The molecule has 10 nitrogen and oxygen atoms in total. The van der Waals surface area contributed by atoms with E-state index in [0.717, 1.165) is 5.69 Å². The van der Waals surface area contributed by atoms with Gasteiger partial charge in [0, 0.05) is 30.9 Å². The van der Waals surface area contributed by atoms with Gasteiger partial charge in [0.15, 0.2) is 0 Å². The van der Waals surface area contributed by atoms with E-state index in [0.29, 0.717) is 54.3 Å². The summed E-state index contributed by atoms with van der Waals surface area (Å²) in [5.74, 6) is 0.605. The largest absolute Gasteiger partial charge is 0.497 e. The zero-order valence-corrected chi connectivity index (χ0v) is 19.4. The molecular formula is C25H25N5O5. The second kappa shape index (κ2) is 8.79. The Morgan fingerprint density at radius 2 is 1.77 bits per heavy atom. The highest BCUT2D eigenvalue weighted by Crippen LogP contribution is 2.36. The zero-order valence-electron chi connectivity index (χ0n) is 19.4. The maximum atomic E-state index is 13.7. The molecule has 0 radical (unpaired) electrons. The third-order valence-electron chi connectivity index (χ3n) is 6.55. The highest BCUT2D eigenvalue weighted by Gasteiger charge is 2.48. The smallest absolute Gasteiger partial charge is 0.322 e. The number of nitrogens with one attached hydrogen (secondary N) is 2. The number of benzene rings is 2. The summed E-state index contributed by atoms with van der Waals surface area (Å²) in [4.78, 5) is 39.4. The summed E-state index contributed by atoms with van der Waals surface area (Å²) in [7, 11) is 3.13. The van der Waals surface area contributed by atoms with Gasteiger partial charge in [0.2, 0.25) is 0 Å². The summed E-state index contributed by atoms with van der Waals surface area (Å²) in [6.07, 6.45) is 2.39. The Morgan fingerprint density at radius 1 is 1.03 bits per heavy atom. The van der Waals surface area contributed by atoms with E-state index in [4.69, 9.17) is 14.6 Å². The number of methoxy groups -OCH3 is 2. The van der Waals surface area contributed by atoms with E-state index < -0.39 is 11.6 Å². The molecule has 35 heavy (non-hydrogen) atoms. The maximum absolute atomic E-state index is 13.7. The van der Waals surface area contributed by atoms with Crippen molar-refractivity contribution in [2.45, 2.75) is 18.4 Å². The predicted molar refractivity (Wildman–Crippen MR) is 127 cm³/mol. The Bertz CT molecular complexity index is 1290. The molecule has 2 aliphatic rings. The first-order valence-electron chi connectivity index (χ1n) is 11.2. The first-order valence-corrected chi connectivity index (χ1v) is 11.2. The van der Waals surface area contributed by atoms with Gasteiger partial charge in [0.1, 0.15) is 22.7 Å². The Hall–Kier alpha value is -4.34. The number of nitrogens with zero attached hydrogens (tertiary/aromatic N) is 3. The van der Waals surface area contributed by atoms with Gasteiger partial charge in [-0.05, 0) is 37.1 Å². The second-order valence-corrected chi connectivity index (χ2v) is 8.52. The summed E-state index contributed by atoms with van der Waals surface area (Å²) in [5.41, 5.74) is 1.40. The molecule has 0 bridgehead atoms. The number of piperidine rings is 1. The number of ether oxygens (including phenoxy) is 2. The molecule has 0 unspecified atom stereocenters. The molecule has 0 saturated carbocycles. The molecule has 3 aromatic rings. The number of hydrogen-bond donors (Lipinski definition) is 2. The minimum absolute atomic E-state index is 0.209. The van der Waals surface area contributed by atoms with Gasteiger partial charge in [-0.3, -0.25) is 14.9 Å². The molecule has 2 N–H and O–H groups in total. The van der Waals surface area contributed by atoms with Crippen molar-refractivity contribution in [3.05, 3.63) is 60.3 Å². The van der Waals surface area contributed by atoms with Crippen LogP contribution >= 0.6 is 0 Å². The quantitative estimate of drug-likeness (QED) is 0.548. The van der Waals surface area contributed by atoms with Crippen molar-refractivity contribution in [2.75, 3.05) is 27.3 Å². The number of aromatic nitrogens is 2. The average Bonchev–Trinajstić information content (AvgIpc) is 3.45. The predicted octanol–water partition coefficient (Wildman–Crippen LogP) is 2.37. The lowest BCUT2D eigenvalue weighted by molar-refractivity contribution is -0.125. The van der Waals surface area contributed by atoms with Crippen LogP contribution in [0.25, 0.3) is 16.9 Å². The van der Waals surface area contributed by atoms with Gasteiger partial charge in [-0.25, -0.2) is 9.48 Å². The molecule has 2 fully saturated rings. The van der Waals surface area contributed by atoms with Crippen LogP contribution < -0.4 is 20.1 Å². The molecule has 2 aliphatic heterocycles. The second-order valence-electron chi connectivity index (χ2n) is 8.52. The van der Waals surface area contributed by atoms with E-state index >= 15 is 0 Å². The third kappa shape index (κ3) is 3.96. The third-order valence-corrected chi connectivity index (χ3v) is 6.55. The fraction of sp³-hybridized carbons (Fsp3) is 0.280. The van der Waals surface area contributed by atoms with E-state index in [9.17, 15) is 14.4 Å². The van der Waals surface area contributed by atoms with Gasteiger partial charge in [-0.15, -0.1) is 0 Å². The van der Waals surface area contributed by atoms with Crippen molar-refractivity contribution in [1.82, 2.24) is 25.3 Å². The van der Waals surface area contributed by atoms with Crippen LogP contribution in [0.1, 0.15) is 23.2 Å². The van der Waals surface area contributed by atoms with Gasteiger partial charge < -0.3 is 19.7 Å². The fourth-order valence-electron chi connectivity index (χ4n) is 4.58. The number of rotatable bonds is 5. The van der Waals surface area contributed by atoms with Crippen LogP contribution in [0, 0.1) is 0 Å². The fourth-order valence-corrected chi connectivity index (χ4v) is 4.58. The Kier molecular flexibility index (Phi) is 5.64. The summed E-state index contributed by atoms with van der Waals surface area (Å²) in [5, 5.41) is 9.77. The number of imide groups is 1. The highest BCUT2D eigenvalue weighted by atomic mass is 16.5. The molecule has 3 heterocycles. The van der Waals surface area contributed by atoms with Gasteiger partial charge in [0.25, 0.3) is 11.8 Å². The lowest BCUT2D eigenvalue weighted by atomic mass is 9.87. The minimum Gasteiger partial charge on any atom is -0.497 e. The minimum atomic E-state index is -0.954. The lowest BCUT2D eigenvalue weighted by Crippen LogP contribution is -2.55. The molecule has 0 atom stereocenters. The average molecular weight is 476 g/mol. The van der Waals surface area contributed by atoms with E-state index in [1.165, 1.54) is 0 Å². The lowest BCUT2D eigenvalue weighted by Gasteiger charge is -2.36. The molecule has 1 aromatic heterocycles. The van der Waals surface area contributed by atoms with Gasteiger partial charge in [-0.2, -0.15) is 5.10 Å². The molecule has 5 rings (SSSR count). The number of hydrogen-bond acceptors (Lipinski definition) is 6. The summed E-state index contributed by atoms with van der Waals surface area (Å²) in [6.45, 7) is 0.643. The summed E-state index contributed by atoms with van der Waals surface area (Å²) in [6, 6.07) is 14.4. The van der Waals surface area contributed by atoms with Crippen molar-refractivity contribution < 1.29 is 23.9 Å². The van der Waals surface area contributed by atoms with E-state index in [1.54, 1.807) is 42.1 Å². The molecule has 2 aromatic carbocycles. The molecular weight excluding hydrogens is 450 g/mol. The van der Waals surface area contributed by atoms with Crippen molar-refractivity contribution >= 4 is 17.8 Å². The van der Waals surface area contributed by atoms with Gasteiger partial charge in [-0.1, -0.05) is 18.2 Å². The van der Waals surface area contributed by atoms with E-state index in [1.807, 2.05) is 36.4 Å². The number of carbonyl (C=O) groups excluding carboxylic acids is 3. The van der Waals surface area contributed by atoms with Crippen LogP contribution in [0.2, 0.25) is 0 Å². The number of urea groups is 1. The number of para-hydroxylation sites is 1. The Morgan fingerprint density at radius 3 is 2.40 bits per heavy atom. The van der Waals surface area contributed by atoms with Crippen LogP contribution in [-0.2, 0) is 4.79 Å². The Balaban J connectivity index is 1.51. The van der Waals surface area contributed by atoms with Crippen molar-refractivity contribution in [3.63, 3.8) is 0 Å². The first kappa shape index (κ1) is 22.5. The van der Waals surface area contributed by atoms with Crippen LogP contribution in [0.3, 0.4) is 0 Å². The van der Waals surface area contributed by atoms with Crippen LogP contribution in [0.4, 0.5) is 4.79 Å². The van der Waals surface area contributed by atoms with Crippen LogP contribution in [0.15, 0.2) is 54.7 Å². The Labute approximate surface area is 201 Å². The van der Waals surface area contributed by atoms with Gasteiger partial charge >= 0.3 is 6.03 Å². The van der Waals surface area contributed by atoms with E-state index in [2.05, 4.69) is 10.6 Å². The normalized spacial score (nSPS) is 16.7. The van der Waals surface area contributed by atoms with Crippen LogP contribution in [0.5, 0.6) is 11.5 Å². The first-order chi connectivity index (χ1) is 16.9. The molecule has 4 amide bonds. The van der Waals surface area contributed by atoms with E-state index in [-0.39, 0.29) is 11.8 Å². The topological polar surface area (TPSA) is 115 Å². The summed E-state index contributed by atoms with van der Waals surface area (Å²) >= 11 is 0. The molecule has 10 heteroatoms.